The minimum Gasteiger partial charge on any atom is -0.465 e. The molecule has 18 heavy (non-hydrogen) atoms. The van der Waals surface area contributed by atoms with E-state index in [1.54, 1.807) is 18.3 Å². The second kappa shape index (κ2) is 3.97. The molecule has 0 radical (unpaired) electrons. The number of carbonyl (C=O) groups excluding carboxylic acids is 1. The second-order valence-corrected chi connectivity index (χ2v) is 5.94. The molecule has 0 bridgehead atoms. The number of hydrogen-bond donors (Lipinski definition) is 1. The first-order valence-corrected chi connectivity index (χ1v) is 6.11. The van der Waals surface area contributed by atoms with Crippen LogP contribution >= 0.6 is 0 Å². The van der Waals surface area contributed by atoms with Gasteiger partial charge in [-0.25, -0.2) is 9.78 Å². The summed E-state index contributed by atoms with van der Waals surface area (Å²) in [5, 5.41) is 3.40. The molecule has 98 valence electrons. The van der Waals surface area contributed by atoms with Gasteiger partial charge in [-0.1, -0.05) is 27.7 Å². The molecule has 0 spiro atoms. The van der Waals surface area contributed by atoms with Crippen molar-refractivity contribution in [2.24, 2.45) is 10.8 Å². The monoisotopic (exact) mass is 248 g/mol. The summed E-state index contributed by atoms with van der Waals surface area (Å²) in [6, 6.07) is 3.75. The summed E-state index contributed by atoms with van der Waals surface area (Å²) in [6.45, 7) is 8.92. The Bertz CT molecular complexity index is 466. The fraction of sp³-hybridized carbons (Fsp3) is 0.571. The number of rotatable bonds is 3. The molecule has 4 heteroatoms. The fourth-order valence-electron chi connectivity index (χ4n) is 2.46. The van der Waals surface area contributed by atoms with Gasteiger partial charge in [-0.2, -0.15) is 0 Å². The Morgan fingerprint density at radius 1 is 1.33 bits per heavy atom. The Morgan fingerprint density at radius 2 is 1.94 bits per heavy atom. The van der Waals surface area contributed by atoms with Crippen LogP contribution in [0.2, 0.25) is 0 Å². The molecule has 1 saturated carbocycles. The van der Waals surface area contributed by atoms with Gasteiger partial charge in [0.25, 0.3) is 0 Å². The predicted octanol–water partition coefficient (Wildman–Crippen LogP) is 2.71. The van der Waals surface area contributed by atoms with Crippen LogP contribution in [0.25, 0.3) is 0 Å². The number of ether oxygens (including phenoxy) is 1. The number of carbonyl (C=O) groups is 1. The zero-order chi connectivity index (χ0) is 13.6. The number of nitrogens with one attached hydrogen (secondary N) is 1. The third-order valence-corrected chi connectivity index (χ3v) is 4.49. The van der Waals surface area contributed by atoms with Crippen molar-refractivity contribution >= 4 is 11.8 Å². The summed E-state index contributed by atoms with van der Waals surface area (Å²) in [4.78, 5) is 15.7. The fourth-order valence-corrected chi connectivity index (χ4v) is 2.46. The van der Waals surface area contributed by atoms with Gasteiger partial charge in [0.1, 0.15) is 5.82 Å². The standard InChI is InChI=1S/C14H20N2O2/c1-13(2)12(14(13,3)4)16-10-8-9(6-7-15-10)11(17)18-5/h6-8,12H,1-5H3,(H,15,16). The molecule has 1 aromatic heterocycles. The van der Waals surface area contributed by atoms with Crippen LogP contribution in [0.15, 0.2) is 18.3 Å². The Labute approximate surface area is 108 Å². The molecule has 1 N–H and O–H groups in total. The lowest BCUT2D eigenvalue weighted by atomic mass is 10.0. The summed E-state index contributed by atoms with van der Waals surface area (Å²) in [5.74, 6) is 0.385. The highest BCUT2D eigenvalue weighted by atomic mass is 16.5. The van der Waals surface area contributed by atoms with E-state index in [2.05, 4.69) is 38.0 Å². The highest BCUT2D eigenvalue weighted by Gasteiger charge is 2.65. The summed E-state index contributed by atoms with van der Waals surface area (Å²) < 4.78 is 4.70. The van der Waals surface area contributed by atoms with E-state index in [0.29, 0.717) is 11.6 Å². The molecule has 1 aliphatic rings. The molecule has 4 nitrogen and oxygen atoms in total. The van der Waals surface area contributed by atoms with Crippen molar-refractivity contribution in [2.75, 3.05) is 12.4 Å². The molecular formula is C14H20N2O2. The normalized spacial score (nSPS) is 20.3. The number of anilines is 1. The van der Waals surface area contributed by atoms with Crippen molar-refractivity contribution in [1.82, 2.24) is 4.98 Å². The number of hydrogen-bond acceptors (Lipinski definition) is 4. The summed E-state index contributed by atoms with van der Waals surface area (Å²) in [5.41, 5.74) is 0.984. The smallest absolute Gasteiger partial charge is 0.338 e. The van der Waals surface area contributed by atoms with E-state index < -0.39 is 0 Å². The van der Waals surface area contributed by atoms with Crippen molar-refractivity contribution in [3.8, 4) is 0 Å². The minimum absolute atomic E-state index is 0.232. The molecule has 1 aliphatic carbocycles. The maximum Gasteiger partial charge on any atom is 0.338 e. The highest BCUT2D eigenvalue weighted by molar-refractivity contribution is 5.90. The van der Waals surface area contributed by atoms with Crippen LogP contribution in [0.5, 0.6) is 0 Å². The van der Waals surface area contributed by atoms with Crippen LogP contribution in [-0.4, -0.2) is 24.1 Å². The van der Waals surface area contributed by atoms with E-state index in [1.807, 2.05) is 0 Å². The van der Waals surface area contributed by atoms with E-state index in [4.69, 9.17) is 4.74 Å². The highest BCUT2D eigenvalue weighted by Crippen LogP contribution is 2.63. The summed E-state index contributed by atoms with van der Waals surface area (Å²) >= 11 is 0. The average molecular weight is 248 g/mol. The van der Waals surface area contributed by atoms with Crippen LogP contribution in [-0.2, 0) is 4.74 Å². The molecule has 0 aromatic carbocycles. The van der Waals surface area contributed by atoms with E-state index in [-0.39, 0.29) is 16.8 Å². The van der Waals surface area contributed by atoms with Gasteiger partial charge in [0.2, 0.25) is 0 Å². The number of aromatic nitrogens is 1. The van der Waals surface area contributed by atoms with Crippen molar-refractivity contribution in [2.45, 2.75) is 33.7 Å². The molecule has 1 heterocycles. The maximum absolute atomic E-state index is 11.4. The molecule has 0 atom stereocenters. The van der Waals surface area contributed by atoms with Crippen molar-refractivity contribution in [3.05, 3.63) is 23.9 Å². The number of methoxy groups -OCH3 is 1. The number of pyridine rings is 1. The lowest BCUT2D eigenvalue weighted by molar-refractivity contribution is 0.0600. The van der Waals surface area contributed by atoms with E-state index in [0.717, 1.165) is 5.82 Å². The third-order valence-electron chi connectivity index (χ3n) is 4.49. The average Bonchev–Trinajstić information content (AvgIpc) is 2.71. The Hall–Kier alpha value is -1.58. The molecule has 1 fully saturated rings. The Morgan fingerprint density at radius 3 is 2.44 bits per heavy atom. The third kappa shape index (κ3) is 1.85. The topological polar surface area (TPSA) is 51.2 Å². The van der Waals surface area contributed by atoms with Crippen molar-refractivity contribution in [3.63, 3.8) is 0 Å². The van der Waals surface area contributed by atoms with Gasteiger partial charge in [0, 0.05) is 12.2 Å². The maximum atomic E-state index is 11.4. The predicted molar refractivity (Wildman–Crippen MR) is 70.5 cm³/mol. The first kappa shape index (κ1) is 12.9. The van der Waals surface area contributed by atoms with Gasteiger partial charge in [0.15, 0.2) is 0 Å². The molecule has 0 amide bonds. The number of esters is 1. The van der Waals surface area contributed by atoms with Gasteiger partial charge < -0.3 is 10.1 Å². The minimum atomic E-state index is -0.338. The van der Waals surface area contributed by atoms with E-state index >= 15 is 0 Å². The first-order valence-electron chi connectivity index (χ1n) is 6.11. The molecule has 0 unspecified atom stereocenters. The van der Waals surface area contributed by atoms with Gasteiger partial charge in [-0.15, -0.1) is 0 Å². The lowest BCUT2D eigenvalue weighted by Gasteiger charge is -2.08. The van der Waals surface area contributed by atoms with Crippen LogP contribution in [0.3, 0.4) is 0 Å². The molecule has 1 aromatic rings. The molecule has 2 rings (SSSR count). The van der Waals surface area contributed by atoms with Crippen LogP contribution in [0.4, 0.5) is 5.82 Å². The van der Waals surface area contributed by atoms with Gasteiger partial charge in [0.05, 0.1) is 12.7 Å². The summed E-state index contributed by atoms with van der Waals surface area (Å²) in [6.07, 6.45) is 1.62. The van der Waals surface area contributed by atoms with Gasteiger partial charge in [-0.3, -0.25) is 0 Å². The van der Waals surface area contributed by atoms with Crippen molar-refractivity contribution in [1.29, 1.82) is 0 Å². The number of nitrogens with zero attached hydrogens (tertiary/aromatic N) is 1. The quantitative estimate of drug-likeness (QED) is 0.836. The Balaban J connectivity index is 2.15. The van der Waals surface area contributed by atoms with Gasteiger partial charge >= 0.3 is 5.97 Å². The van der Waals surface area contributed by atoms with Crippen molar-refractivity contribution < 1.29 is 9.53 Å². The second-order valence-electron chi connectivity index (χ2n) is 5.94. The zero-order valence-electron chi connectivity index (χ0n) is 11.6. The molecule has 0 saturated heterocycles. The van der Waals surface area contributed by atoms with E-state index in [1.165, 1.54) is 7.11 Å². The zero-order valence-corrected chi connectivity index (χ0v) is 11.6. The molecule has 0 aliphatic heterocycles. The lowest BCUT2D eigenvalue weighted by Crippen LogP contribution is -2.12. The van der Waals surface area contributed by atoms with E-state index in [9.17, 15) is 4.79 Å². The Kier molecular flexibility index (Phi) is 2.84. The summed E-state index contributed by atoms with van der Waals surface area (Å²) in [7, 11) is 1.38. The SMILES string of the molecule is COC(=O)c1ccnc(NC2C(C)(C)C2(C)C)c1. The van der Waals surface area contributed by atoms with Crippen LogP contribution < -0.4 is 5.32 Å². The largest absolute Gasteiger partial charge is 0.465 e. The van der Waals surface area contributed by atoms with Gasteiger partial charge in [-0.05, 0) is 23.0 Å². The first-order chi connectivity index (χ1) is 8.30. The van der Waals surface area contributed by atoms with Crippen LogP contribution in [0, 0.1) is 10.8 Å². The molecular weight excluding hydrogens is 228 g/mol. The van der Waals surface area contributed by atoms with Crippen LogP contribution in [0.1, 0.15) is 38.1 Å².